The first-order valence-corrected chi connectivity index (χ1v) is 6.08. The average Bonchev–Trinajstić information content (AvgIpc) is 2.49. The highest BCUT2D eigenvalue weighted by molar-refractivity contribution is 5.25. The Morgan fingerprint density at radius 2 is 1.81 bits per heavy atom. The number of hydrogen-bond acceptors (Lipinski definition) is 8. The van der Waals surface area contributed by atoms with Gasteiger partial charge in [-0.1, -0.05) is 30.3 Å². The van der Waals surface area contributed by atoms with Gasteiger partial charge in [0.1, 0.15) is 12.2 Å². The zero-order valence-electron chi connectivity index (χ0n) is 10.7. The molecule has 0 bridgehead atoms. The van der Waals surface area contributed by atoms with E-state index in [-0.39, 0.29) is 5.56 Å². The topological polar surface area (TPSA) is 154 Å². The maximum atomic E-state index is 11.2. The molecule has 1 aliphatic rings. The van der Waals surface area contributed by atoms with E-state index in [0.717, 1.165) is 0 Å². The Bertz CT molecular complexity index is 525. The Morgan fingerprint density at radius 1 is 1.24 bits per heavy atom. The minimum Gasteiger partial charge on any atom is -0.394 e. The van der Waals surface area contributed by atoms with Crippen molar-refractivity contribution in [2.75, 3.05) is 6.61 Å². The monoisotopic (exact) mass is 301 g/mol. The quantitative estimate of drug-likeness (QED) is 0.242. The van der Waals surface area contributed by atoms with Gasteiger partial charge >= 0.3 is 5.72 Å². The van der Waals surface area contributed by atoms with Gasteiger partial charge in [-0.2, -0.15) is 0 Å². The van der Waals surface area contributed by atoms with Crippen molar-refractivity contribution in [2.45, 2.75) is 29.8 Å². The van der Waals surface area contributed by atoms with E-state index < -0.39 is 41.4 Å². The van der Waals surface area contributed by atoms with Gasteiger partial charge in [0, 0.05) is 5.56 Å². The summed E-state index contributed by atoms with van der Waals surface area (Å²) >= 11 is 0. The molecule has 116 valence electrons. The van der Waals surface area contributed by atoms with Crippen LogP contribution in [0.15, 0.2) is 30.3 Å². The summed E-state index contributed by atoms with van der Waals surface area (Å²) in [5.41, 5.74) is -3.60. The van der Waals surface area contributed by atoms with Gasteiger partial charge in [-0.25, -0.2) is 0 Å². The van der Waals surface area contributed by atoms with Crippen molar-refractivity contribution in [1.29, 1.82) is 0 Å². The van der Waals surface area contributed by atoms with Crippen molar-refractivity contribution in [2.24, 2.45) is 0 Å². The van der Waals surface area contributed by atoms with Gasteiger partial charge in [-0.05, 0) is 0 Å². The molecule has 1 aliphatic heterocycles. The molecule has 0 spiro atoms. The van der Waals surface area contributed by atoms with Crippen LogP contribution in [-0.4, -0.2) is 61.1 Å². The van der Waals surface area contributed by atoms with Crippen molar-refractivity contribution in [3.8, 4) is 0 Å². The molecule has 1 fully saturated rings. The van der Waals surface area contributed by atoms with Crippen molar-refractivity contribution < 1.29 is 35.2 Å². The van der Waals surface area contributed by atoms with E-state index in [1.807, 2.05) is 0 Å². The Hall–Kier alpha value is -1.62. The lowest BCUT2D eigenvalue weighted by Gasteiger charge is -2.46. The molecule has 0 radical (unpaired) electrons. The maximum Gasteiger partial charge on any atom is 0.409 e. The molecule has 1 heterocycles. The number of nitrogens with zero attached hydrogens (tertiary/aromatic N) is 1. The van der Waals surface area contributed by atoms with Gasteiger partial charge in [0.15, 0.2) is 6.10 Å². The molecule has 21 heavy (non-hydrogen) atoms. The minimum atomic E-state index is -3.40. The smallest absolute Gasteiger partial charge is 0.394 e. The molecule has 2 rings (SSSR count). The Morgan fingerprint density at radius 3 is 2.29 bits per heavy atom. The standard InChI is InChI=1S/C12H15NO8/c14-6-8-9(15)10(16)11(17,13(19)20)12(18,21-8)7-4-2-1-3-5-7/h1-5,8-10,14-18H,6H2/t8-,9+,10+,11-,12+/m1/s1. The van der Waals surface area contributed by atoms with Gasteiger partial charge in [-0.15, -0.1) is 0 Å². The molecule has 0 amide bonds. The van der Waals surface area contributed by atoms with Gasteiger partial charge in [0.2, 0.25) is 0 Å². The molecular weight excluding hydrogens is 286 g/mol. The molecule has 0 saturated carbocycles. The molecule has 1 aromatic carbocycles. The van der Waals surface area contributed by atoms with Crippen molar-refractivity contribution in [3.05, 3.63) is 46.0 Å². The molecule has 1 aromatic rings. The Labute approximate surface area is 118 Å². The van der Waals surface area contributed by atoms with Gasteiger partial charge in [0.25, 0.3) is 5.79 Å². The molecule has 5 N–H and O–H groups in total. The van der Waals surface area contributed by atoms with Crippen molar-refractivity contribution in [3.63, 3.8) is 0 Å². The molecular formula is C12H15NO8. The van der Waals surface area contributed by atoms with E-state index in [1.54, 1.807) is 6.07 Å². The number of benzene rings is 1. The highest BCUT2D eigenvalue weighted by atomic mass is 16.7. The van der Waals surface area contributed by atoms with Crippen LogP contribution in [0.2, 0.25) is 0 Å². The molecule has 0 aliphatic carbocycles. The highest BCUT2D eigenvalue weighted by Crippen LogP contribution is 2.43. The molecule has 0 aromatic heterocycles. The summed E-state index contributed by atoms with van der Waals surface area (Å²) in [4.78, 5) is 9.87. The van der Waals surface area contributed by atoms with Crippen LogP contribution in [-0.2, 0) is 10.5 Å². The second kappa shape index (κ2) is 5.30. The number of hydrogen-bond donors (Lipinski definition) is 5. The lowest BCUT2D eigenvalue weighted by molar-refractivity contribution is -0.698. The lowest BCUT2D eigenvalue weighted by atomic mass is 9.83. The van der Waals surface area contributed by atoms with E-state index >= 15 is 0 Å². The fourth-order valence-electron chi connectivity index (χ4n) is 2.34. The molecule has 5 atom stereocenters. The SMILES string of the molecule is O=[N+]([O-])[C@@]1(O)[C@@H](O)[C@@H](O)[C@@H](CO)O[C@@]1(O)c1ccccc1. The summed E-state index contributed by atoms with van der Waals surface area (Å²) in [5.74, 6) is -2.94. The van der Waals surface area contributed by atoms with Crippen LogP contribution >= 0.6 is 0 Å². The number of aliphatic hydroxyl groups is 5. The van der Waals surface area contributed by atoms with Gasteiger partial charge < -0.3 is 30.3 Å². The third kappa shape index (κ3) is 2.11. The van der Waals surface area contributed by atoms with Gasteiger partial charge in [-0.3, -0.25) is 10.1 Å². The third-order valence-corrected chi connectivity index (χ3v) is 3.56. The number of aliphatic hydroxyl groups excluding tert-OH is 3. The summed E-state index contributed by atoms with van der Waals surface area (Å²) in [6.07, 6.45) is -5.83. The second-order valence-electron chi connectivity index (χ2n) is 4.77. The van der Waals surface area contributed by atoms with E-state index in [0.29, 0.717) is 0 Å². The summed E-state index contributed by atoms with van der Waals surface area (Å²) in [6.45, 7) is -0.818. The second-order valence-corrected chi connectivity index (χ2v) is 4.77. The zero-order chi connectivity index (χ0) is 15.8. The van der Waals surface area contributed by atoms with Crippen LogP contribution in [0.3, 0.4) is 0 Å². The van der Waals surface area contributed by atoms with E-state index in [2.05, 4.69) is 0 Å². The van der Waals surface area contributed by atoms with Gasteiger partial charge in [0.05, 0.1) is 11.5 Å². The predicted molar refractivity (Wildman–Crippen MR) is 66.3 cm³/mol. The first-order valence-electron chi connectivity index (χ1n) is 6.08. The van der Waals surface area contributed by atoms with E-state index in [9.17, 15) is 30.5 Å². The summed E-state index contributed by atoms with van der Waals surface area (Å²) in [7, 11) is 0. The number of rotatable bonds is 3. The fraction of sp³-hybridized carbons (Fsp3) is 0.500. The Kier molecular flexibility index (Phi) is 3.97. The maximum absolute atomic E-state index is 11.2. The van der Waals surface area contributed by atoms with Crippen LogP contribution in [0, 0.1) is 10.1 Å². The first-order chi connectivity index (χ1) is 9.79. The van der Waals surface area contributed by atoms with Crippen LogP contribution in [0.5, 0.6) is 0 Å². The summed E-state index contributed by atoms with van der Waals surface area (Å²) in [5, 5.41) is 60.6. The van der Waals surface area contributed by atoms with E-state index in [1.165, 1.54) is 24.3 Å². The van der Waals surface area contributed by atoms with Crippen molar-refractivity contribution in [1.82, 2.24) is 0 Å². The zero-order valence-corrected chi connectivity index (χ0v) is 10.7. The molecule has 0 unspecified atom stereocenters. The fourth-order valence-corrected chi connectivity index (χ4v) is 2.34. The predicted octanol–water partition coefficient (Wildman–Crippen LogP) is -2.09. The number of nitro groups is 1. The molecule has 9 heteroatoms. The molecule has 1 saturated heterocycles. The van der Waals surface area contributed by atoms with Crippen molar-refractivity contribution >= 4 is 0 Å². The largest absolute Gasteiger partial charge is 0.409 e. The Balaban J connectivity index is 2.61. The highest BCUT2D eigenvalue weighted by Gasteiger charge is 2.73. The van der Waals surface area contributed by atoms with Crippen LogP contribution < -0.4 is 0 Å². The lowest BCUT2D eigenvalue weighted by Crippen LogP contribution is -2.74. The third-order valence-electron chi connectivity index (χ3n) is 3.56. The van der Waals surface area contributed by atoms with Crippen LogP contribution in [0.25, 0.3) is 0 Å². The van der Waals surface area contributed by atoms with Crippen LogP contribution in [0.1, 0.15) is 5.56 Å². The summed E-state index contributed by atoms with van der Waals surface area (Å²) in [6, 6.07) is 6.92. The first kappa shape index (κ1) is 15.8. The molecule has 9 nitrogen and oxygen atoms in total. The average molecular weight is 301 g/mol. The minimum absolute atomic E-state index is 0.200. The normalized spacial score (nSPS) is 40.0. The summed E-state index contributed by atoms with van der Waals surface area (Å²) < 4.78 is 4.97. The number of ether oxygens (including phenoxy) is 1. The van der Waals surface area contributed by atoms with Crippen LogP contribution in [0.4, 0.5) is 0 Å². The van der Waals surface area contributed by atoms with E-state index in [4.69, 9.17) is 9.84 Å².